The summed E-state index contributed by atoms with van der Waals surface area (Å²) in [5.41, 5.74) is 5.21. The minimum atomic E-state index is 0.509. The second kappa shape index (κ2) is 3.48. The molecule has 56 valence electrons. The highest BCUT2D eigenvalue weighted by molar-refractivity contribution is 7.07. The highest BCUT2D eigenvalue weighted by atomic mass is 32.1. The van der Waals surface area contributed by atoms with E-state index in [0.717, 1.165) is 5.82 Å². The molecule has 5 heteroatoms. The maximum atomic E-state index is 5.21. The van der Waals surface area contributed by atoms with Crippen LogP contribution in [-0.4, -0.2) is 22.5 Å². The molecule has 0 saturated heterocycles. The molecule has 0 aliphatic carbocycles. The fourth-order valence-corrected chi connectivity index (χ4v) is 1.04. The van der Waals surface area contributed by atoms with Gasteiger partial charge in [0.1, 0.15) is 12.4 Å². The van der Waals surface area contributed by atoms with E-state index < -0.39 is 0 Å². The van der Waals surface area contributed by atoms with Gasteiger partial charge >= 0.3 is 0 Å². The third-order valence-electron chi connectivity index (χ3n) is 0.852. The number of rotatable bonds is 3. The van der Waals surface area contributed by atoms with Gasteiger partial charge in [-0.2, -0.15) is 9.36 Å². The van der Waals surface area contributed by atoms with Crippen molar-refractivity contribution >= 4 is 11.5 Å². The van der Waals surface area contributed by atoms with Crippen molar-refractivity contribution < 1.29 is 4.74 Å². The van der Waals surface area contributed by atoms with Crippen molar-refractivity contribution in [2.24, 2.45) is 5.73 Å². The Morgan fingerprint density at radius 3 is 3.00 bits per heavy atom. The molecular formula is C5H9N3OS. The van der Waals surface area contributed by atoms with Crippen molar-refractivity contribution in [2.45, 2.75) is 6.92 Å². The molecule has 0 aliphatic heterocycles. The molecular weight excluding hydrogens is 150 g/mol. The molecule has 0 radical (unpaired) electrons. The number of hydrogen-bond acceptors (Lipinski definition) is 5. The zero-order chi connectivity index (χ0) is 7.40. The van der Waals surface area contributed by atoms with Crippen LogP contribution < -0.4 is 10.5 Å². The molecule has 1 rings (SSSR count). The molecule has 1 aromatic rings. The predicted molar refractivity (Wildman–Crippen MR) is 39.2 cm³/mol. The van der Waals surface area contributed by atoms with E-state index in [2.05, 4.69) is 9.36 Å². The second-order valence-corrected chi connectivity index (χ2v) is 2.46. The van der Waals surface area contributed by atoms with E-state index in [9.17, 15) is 0 Å². The van der Waals surface area contributed by atoms with Gasteiger partial charge in [0.2, 0.25) is 0 Å². The van der Waals surface area contributed by atoms with Crippen LogP contribution in [0.15, 0.2) is 0 Å². The van der Waals surface area contributed by atoms with Crippen molar-refractivity contribution in [2.75, 3.05) is 13.2 Å². The summed E-state index contributed by atoms with van der Waals surface area (Å²) in [5.74, 6) is 0.747. The molecule has 0 saturated carbocycles. The first-order valence-electron chi connectivity index (χ1n) is 2.96. The van der Waals surface area contributed by atoms with Crippen molar-refractivity contribution in [1.82, 2.24) is 9.36 Å². The lowest BCUT2D eigenvalue weighted by molar-refractivity contribution is 0.326. The average Bonchev–Trinajstić information content (AvgIpc) is 2.31. The Bertz CT molecular complexity index is 201. The van der Waals surface area contributed by atoms with E-state index in [-0.39, 0.29) is 0 Å². The maximum absolute atomic E-state index is 5.21. The van der Waals surface area contributed by atoms with Crippen LogP contribution in [0.1, 0.15) is 5.82 Å². The first-order valence-corrected chi connectivity index (χ1v) is 3.73. The lowest BCUT2D eigenvalue weighted by atomic mass is 10.7. The van der Waals surface area contributed by atoms with E-state index in [4.69, 9.17) is 10.5 Å². The highest BCUT2D eigenvalue weighted by Crippen LogP contribution is 2.12. The third kappa shape index (κ3) is 1.93. The third-order valence-corrected chi connectivity index (χ3v) is 1.57. The molecule has 2 N–H and O–H groups in total. The number of nitrogens with two attached hydrogens (primary N) is 1. The molecule has 10 heavy (non-hydrogen) atoms. The molecule has 0 fully saturated rings. The summed E-state index contributed by atoms with van der Waals surface area (Å²) in [6, 6.07) is 0. The number of aromatic nitrogens is 2. The first kappa shape index (κ1) is 7.43. The van der Waals surface area contributed by atoms with Crippen LogP contribution in [-0.2, 0) is 0 Å². The van der Waals surface area contributed by atoms with Gasteiger partial charge in [0.05, 0.1) is 0 Å². The zero-order valence-electron chi connectivity index (χ0n) is 5.70. The quantitative estimate of drug-likeness (QED) is 0.683. The summed E-state index contributed by atoms with van der Waals surface area (Å²) >= 11 is 1.25. The Hall–Kier alpha value is -0.680. The van der Waals surface area contributed by atoms with Crippen molar-refractivity contribution in [3.63, 3.8) is 0 Å². The van der Waals surface area contributed by atoms with E-state index in [0.29, 0.717) is 18.3 Å². The molecule has 0 atom stereocenters. The summed E-state index contributed by atoms with van der Waals surface area (Å²) in [7, 11) is 0. The second-order valence-electron chi connectivity index (χ2n) is 1.74. The molecule has 1 aromatic heterocycles. The Balaban J connectivity index is 2.42. The van der Waals surface area contributed by atoms with E-state index in [1.807, 2.05) is 6.92 Å². The van der Waals surface area contributed by atoms with Gasteiger partial charge in [-0.15, -0.1) is 0 Å². The number of ether oxygens (including phenoxy) is 1. The molecule has 0 aliphatic rings. The first-order chi connectivity index (χ1) is 4.83. The fourth-order valence-electron chi connectivity index (χ4n) is 0.483. The van der Waals surface area contributed by atoms with Gasteiger partial charge in [-0.05, 0) is 6.92 Å². The molecule has 4 nitrogen and oxygen atoms in total. The summed E-state index contributed by atoms with van der Waals surface area (Å²) in [4.78, 5) is 3.98. The van der Waals surface area contributed by atoms with Crippen LogP contribution in [0.3, 0.4) is 0 Å². The van der Waals surface area contributed by atoms with Gasteiger partial charge in [0.15, 0.2) is 0 Å². The van der Waals surface area contributed by atoms with Crippen LogP contribution in [0.2, 0.25) is 0 Å². The SMILES string of the molecule is Cc1nsc(OCCN)n1. The Kier molecular flexibility index (Phi) is 2.58. The van der Waals surface area contributed by atoms with Crippen LogP contribution >= 0.6 is 11.5 Å². The van der Waals surface area contributed by atoms with Gasteiger partial charge in [-0.3, -0.25) is 0 Å². The van der Waals surface area contributed by atoms with E-state index in [1.54, 1.807) is 0 Å². The predicted octanol–water partition coefficient (Wildman–Crippen LogP) is 0.184. The van der Waals surface area contributed by atoms with Crippen LogP contribution in [0.25, 0.3) is 0 Å². The topological polar surface area (TPSA) is 61.0 Å². The lowest BCUT2D eigenvalue weighted by Gasteiger charge is -1.95. The summed E-state index contributed by atoms with van der Waals surface area (Å²) in [6.45, 7) is 2.85. The number of aryl methyl sites for hydroxylation is 1. The van der Waals surface area contributed by atoms with Crippen LogP contribution in [0.4, 0.5) is 0 Å². The van der Waals surface area contributed by atoms with Crippen molar-refractivity contribution in [3.05, 3.63) is 5.82 Å². The summed E-state index contributed by atoms with van der Waals surface area (Å²) in [5, 5.41) is 0.600. The lowest BCUT2D eigenvalue weighted by Crippen LogP contribution is -2.10. The summed E-state index contributed by atoms with van der Waals surface area (Å²) < 4.78 is 9.03. The smallest absolute Gasteiger partial charge is 0.293 e. The zero-order valence-corrected chi connectivity index (χ0v) is 6.52. The minimum Gasteiger partial charge on any atom is -0.468 e. The standard InChI is InChI=1S/C5H9N3OS/c1-4-7-5(10-8-4)9-3-2-6/h2-3,6H2,1H3. The normalized spacial score (nSPS) is 9.80. The minimum absolute atomic E-state index is 0.509. The van der Waals surface area contributed by atoms with Gasteiger partial charge in [0, 0.05) is 18.1 Å². The Morgan fingerprint density at radius 2 is 2.50 bits per heavy atom. The molecule has 0 bridgehead atoms. The molecule has 0 unspecified atom stereocenters. The molecule has 0 amide bonds. The van der Waals surface area contributed by atoms with Gasteiger partial charge < -0.3 is 10.5 Å². The average molecular weight is 159 g/mol. The van der Waals surface area contributed by atoms with E-state index >= 15 is 0 Å². The summed E-state index contributed by atoms with van der Waals surface area (Å²) in [6.07, 6.45) is 0. The molecule has 0 spiro atoms. The van der Waals surface area contributed by atoms with E-state index in [1.165, 1.54) is 11.5 Å². The number of hydrogen-bond donors (Lipinski definition) is 1. The van der Waals surface area contributed by atoms with Crippen molar-refractivity contribution in [1.29, 1.82) is 0 Å². The van der Waals surface area contributed by atoms with Crippen LogP contribution in [0.5, 0.6) is 5.19 Å². The van der Waals surface area contributed by atoms with Gasteiger partial charge in [-0.25, -0.2) is 0 Å². The Morgan fingerprint density at radius 1 is 1.70 bits per heavy atom. The molecule has 1 heterocycles. The maximum Gasteiger partial charge on any atom is 0.293 e. The van der Waals surface area contributed by atoms with Crippen molar-refractivity contribution in [3.8, 4) is 5.19 Å². The molecule has 0 aromatic carbocycles. The Labute approximate surface area is 63.2 Å². The fraction of sp³-hybridized carbons (Fsp3) is 0.600. The largest absolute Gasteiger partial charge is 0.468 e. The van der Waals surface area contributed by atoms with Crippen LogP contribution in [0, 0.1) is 6.92 Å². The monoisotopic (exact) mass is 159 g/mol. The van der Waals surface area contributed by atoms with Gasteiger partial charge in [-0.1, -0.05) is 0 Å². The number of nitrogens with zero attached hydrogens (tertiary/aromatic N) is 2. The highest BCUT2D eigenvalue weighted by Gasteiger charge is 1.98. The van der Waals surface area contributed by atoms with Gasteiger partial charge in [0.25, 0.3) is 5.19 Å².